The molecule has 0 radical (unpaired) electrons. The van der Waals surface area contributed by atoms with Crippen LogP contribution in [0.1, 0.15) is 10.4 Å². The minimum atomic E-state index is -1.05. The molecule has 0 saturated heterocycles. The fourth-order valence-corrected chi connectivity index (χ4v) is 2.58. The number of carbonyl (C=O) groups is 1. The number of aromatic carboxylic acids is 1. The molecule has 6 heteroatoms. The Labute approximate surface area is 105 Å². The molecule has 0 amide bonds. The summed E-state index contributed by atoms with van der Waals surface area (Å²) in [5.41, 5.74) is 1.36. The normalized spacial score (nSPS) is 10.9. The Balaban J connectivity index is 2.48. The lowest BCUT2D eigenvalue weighted by molar-refractivity contribution is 0.0698. The number of carboxylic acid groups (broad SMARTS) is 1. The lowest BCUT2D eigenvalue weighted by atomic mass is 10.2. The number of fused-ring (bicyclic) bond motifs is 1. The summed E-state index contributed by atoms with van der Waals surface area (Å²) < 4.78 is 1.38. The van der Waals surface area contributed by atoms with Crippen molar-refractivity contribution in [3.8, 4) is 5.69 Å². The highest BCUT2D eigenvalue weighted by Crippen LogP contribution is 2.21. The van der Waals surface area contributed by atoms with Gasteiger partial charge in [-0.3, -0.25) is 4.57 Å². The van der Waals surface area contributed by atoms with E-state index in [1.54, 1.807) is 23.6 Å². The number of rotatable bonds is 2. The minimum absolute atomic E-state index is 0.108. The molecule has 0 fully saturated rings. The van der Waals surface area contributed by atoms with Gasteiger partial charge in [0.05, 0.1) is 22.3 Å². The van der Waals surface area contributed by atoms with Gasteiger partial charge in [-0.1, -0.05) is 6.07 Å². The number of carboxylic acids is 1. The van der Waals surface area contributed by atoms with Crippen LogP contribution in [0.3, 0.4) is 0 Å². The maximum absolute atomic E-state index is 11.9. The average molecular weight is 260 g/mol. The van der Waals surface area contributed by atoms with E-state index in [9.17, 15) is 14.7 Å². The van der Waals surface area contributed by atoms with E-state index in [4.69, 9.17) is 0 Å². The van der Waals surface area contributed by atoms with Crippen LogP contribution in [0.2, 0.25) is 0 Å². The zero-order chi connectivity index (χ0) is 12.7. The lowest BCUT2D eigenvalue weighted by Gasteiger charge is -2.02. The second-order valence-electron chi connectivity index (χ2n) is 3.75. The predicted molar refractivity (Wildman–Crippen MR) is 68.7 cm³/mol. The summed E-state index contributed by atoms with van der Waals surface area (Å²) in [7, 11) is 0. The summed E-state index contributed by atoms with van der Waals surface area (Å²) in [6, 6.07) is 6.56. The molecule has 2 heterocycles. The van der Waals surface area contributed by atoms with Gasteiger partial charge >= 0.3 is 11.7 Å². The van der Waals surface area contributed by atoms with Crippen molar-refractivity contribution in [1.82, 2.24) is 9.55 Å². The first-order valence-corrected chi connectivity index (χ1v) is 6.12. The van der Waals surface area contributed by atoms with E-state index >= 15 is 0 Å². The van der Waals surface area contributed by atoms with Crippen molar-refractivity contribution >= 4 is 28.3 Å². The third-order valence-corrected chi connectivity index (χ3v) is 3.37. The fourth-order valence-electron chi connectivity index (χ4n) is 1.96. The van der Waals surface area contributed by atoms with Crippen molar-refractivity contribution in [3.63, 3.8) is 0 Å². The van der Waals surface area contributed by atoms with Crippen molar-refractivity contribution < 1.29 is 9.90 Å². The molecule has 5 nitrogen and oxygen atoms in total. The maximum Gasteiger partial charge on any atom is 0.337 e. The standard InChI is InChI=1S/C12H8N2O3S/c15-11(16)8-2-1-3-9-10(8)14(12(17)13-9)7-4-5-18-6-7/h1-6H,(H,13,17)(H,15,16). The van der Waals surface area contributed by atoms with Crippen LogP contribution in [-0.4, -0.2) is 20.6 Å². The van der Waals surface area contributed by atoms with Gasteiger partial charge in [-0.15, -0.1) is 0 Å². The van der Waals surface area contributed by atoms with Crippen LogP contribution in [-0.2, 0) is 0 Å². The highest BCUT2D eigenvalue weighted by molar-refractivity contribution is 7.08. The molecule has 90 valence electrons. The summed E-state index contributed by atoms with van der Waals surface area (Å²) in [5, 5.41) is 12.8. The molecule has 2 aromatic heterocycles. The molecule has 2 N–H and O–H groups in total. The summed E-state index contributed by atoms with van der Waals surface area (Å²) in [6.45, 7) is 0. The van der Waals surface area contributed by atoms with Gasteiger partial charge in [0.15, 0.2) is 0 Å². The highest BCUT2D eigenvalue weighted by Gasteiger charge is 2.16. The molecule has 0 unspecified atom stereocenters. The van der Waals surface area contributed by atoms with Crippen LogP contribution in [0.25, 0.3) is 16.7 Å². The van der Waals surface area contributed by atoms with Crippen molar-refractivity contribution in [3.05, 3.63) is 51.1 Å². The van der Waals surface area contributed by atoms with Crippen LogP contribution in [0, 0.1) is 0 Å². The third-order valence-electron chi connectivity index (χ3n) is 2.70. The first kappa shape index (κ1) is 10.8. The maximum atomic E-state index is 11.9. The Hall–Kier alpha value is -2.34. The fraction of sp³-hybridized carbons (Fsp3) is 0. The molecule has 0 aliphatic rings. The molecule has 0 bridgehead atoms. The molecule has 1 aromatic carbocycles. The van der Waals surface area contributed by atoms with Gasteiger partial charge in [0.2, 0.25) is 0 Å². The molecular weight excluding hydrogens is 252 g/mol. The number of hydrogen-bond donors (Lipinski definition) is 2. The minimum Gasteiger partial charge on any atom is -0.478 e. The van der Waals surface area contributed by atoms with Crippen LogP contribution in [0.5, 0.6) is 0 Å². The van der Waals surface area contributed by atoms with Crippen LogP contribution in [0.15, 0.2) is 39.8 Å². The molecule has 0 aliphatic carbocycles. The van der Waals surface area contributed by atoms with Gasteiger partial charge in [-0.05, 0) is 23.6 Å². The number of aromatic nitrogens is 2. The van der Waals surface area contributed by atoms with Gasteiger partial charge in [0, 0.05) is 5.38 Å². The van der Waals surface area contributed by atoms with Crippen molar-refractivity contribution in [2.24, 2.45) is 0 Å². The highest BCUT2D eigenvalue weighted by atomic mass is 32.1. The summed E-state index contributed by atoms with van der Waals surface area (Å²) in [4.78, 5) is 25.8. The molecule has 3 rings (SSSR count). The van der Waals surface area contributed by atoms with Crippen LogP contribution in [0.4, 0.5) is 0 Å². The van der Waals surface area contributed by atoms with Gasteiger partial charge in [-0.25, -0.2) is 9.59 Å². The number of H-pyrrole nitrogens is 1. The smallest absolute Gasteiger partial charge is 0.337 e. The van der Waals surface area contributed by atoms with E-state index in [-0.39, 0.29) is 11.3 Å². The predicted octanol–water partition coefficient (Wildman–Crippen LogP) is 2.08. The number of thiophene rings is 1. The van der Waals surface area contributed by atoms with Gasteiger partial charge in [0.25, 0.3) is 0 Å². The molecule has 0 saturated carbocycles. The van der Waals surface area contributed by atoms with E-state index in [0.29, 0.717) is 16.7 Å². The largest absolute Gasteiger partial charge is 0.478 e. The van der Waals surface area contributed by atoms with Gasteiger partial charge < -0.3 is 10.1 Å². The first-order chi connectivity index (χ1) is 8.68. The van der Waals surface area contributed by atoms with Crippen LogP contribution >= 0.6 is 11.3 Å². The molecule has 18 heavy (non-hydrogen) atoms. The number of para-hydroxylation sites is 1. The molecular formula is C12H8N2O3S. The Kier molecular flexibility index (Phi) is 2.31. The van der Waals surface area contributed by atoms with Gasteiger partial charge in [-0.2, -0.15) is 11.3 Å². The monoisotopic (exact) mass is 260 g/mol. The number of aromatic amines is 1. The molecule has 0 spiro atoms. The average Bonchev–Trinajstić information content (AvgIpc) is 2.93. The topological polar surface area (TPSA) is 75.1 Å². The lowest BCUT2D eigenvalue weighted by Crippen LogP contribution is -2.15. The number of imidazole rings is 1. The number of benzene rings is 1. The van der Waals surface area contributed by atoms with E-state index in [1.165, 1.54) is 22.0 Å². The van der Waals surface area contributed by atoms with Gasteiger partial charge in [0.1, 0.15) is 0 Å². The van der Waals surface area contributed by atoms with E-state index in [0.717, 1.165) is 0 Å². The second kappa shape index (κ2) is 3.85. The summed E-state index contributed by atoms with van der Waals surface area (Å²) in [5.74, 6) is -1.05. The number of nitrogens with one attached hydrogen (secondary N) is 1. The molecule has 3 aromatic rings. The summed E-state index contributed by atoms with van der Waals surface area (Å²) >= 11 is 1.45. The molecule has 0 aliphatic heterocycles. The Bertz CT molecular complexity index is 783. The Morgan fingerprint density at radius 3 is 2.83 bits per heavy atom. The molecule has 0 atom stereocenters. The number of nitrogens with zero attached hydrogens (tertiary/aromatic N) is 1. The van der Waals surface area contributed by atoms with E-state index in [2.05, 4.69) is 4.98 Å². The zero-order valence-electron chi connectivity index (χ0n) is 9.08. The zero-order valence-corrected chi connectivity index (χ0v) is 9.90. The SMILES string of the molecule is O=C(O)c1cccc2[nH]c(=O)n(-c3ccsc3)c12. The summed E-state index contributed by atoms with van der Waals surface area (Å²) in [6.07, 6.45) is 0. The van der Waals surface area contributed by atoms with E-state index in [1.807, 2.05) is 5.38 Å². The second-order valence-corrected chi connectivity index (χ2v) is 4.53. The van der Waals surface area contributed by atoms with E-state index < -0.39 is 5.97 Å². The first-order valence-electron chi connectivity index (χ1n) is 5.18. The third kappa shape index (κ3) is 1.46. The van der Waals surface area contributed by atoms with Crippen molar-refractivity contribution in [1.29, 1.82) is 0 Å². The number of hydrogen-bond acceptors (Lipinski definition) is 3. The Morgan fingerprint density at radius 2 is 2.17 bits per heavy atom. The van der Waals surface area contributed by atoms with Crippen molar-refractivity contribution in [2.75, 3.05) is 0 Å². The van der Waals surface area contributed by atoms with Crippen molar-refractivity contribution in [2.45, 2.75) is 0 Å². The van der Waals surface area contributed by atoms with Crippen LogP contribution < -0.4 is 5.69 Å². The quantitative estimate of drug-likeness (QED) is 0.740. The Morgan fingerprint density at radius 1 is 1.33 bits per heavy atom.